The molecule has 0 radical (unpaired) electrons. The molecule has 1 fully saturated rings. The summed E-state index contributed by atoms with van der Waals surface area (Å²) in [4.78, 5) is 17.1. The second kappa shape index (κ2) is 5.57. The van der Waals surface area contributed by atoms with E-state index < -0.39 is 0 Å². The Kier molecular flexibility index (Phi) is 3.64. The number of amides is 1. The third kappa shape index (κ3) is 2.87. The summed E-state index contributed by atoms with van der Waals surface area (Å²) in [6, 6.07) is 0.359. The van der Waals surface area contributed by atoms with E-state index in [9.17, 15) is 4.79 Å². The zero-order valence-corrected chi connectivity index (χ0v) is 11.5. The van der Waals surface area contributed by atoms with Crippen LogP contribution in [0.4, 0.5) is 0 Å². The fourth-order valence-corrected chi connectivity index (χ4v) is 3.22. The van der Waals surface area contributed by atoms with Crippen molar-refractivity contribution in [3.8, 4) is 0 Å². The van der Waals surface area contributed by atoms with Crippen molar-refractivity contribution < 1.29 is 4.79 Å². The van der Waals surface area contributed by atoms with E-state index in [1.807, 2.05) is 22.1 Å². The van der Waals surface area contributed by atoms with Gasteiger partial charge in [0.25, 0.3) is 0 Å². The summed E-state index contributed by atoms with van der Waals surface area (Å²) in [5.41, 5.74) is 0.940. The Morgan fingerprint density at radius 3 is 3.11 bits per heavy atom. The maximum absolute atomic E-state index is 11.9. The van der Waals surface area contributed by atoms with Gasteiger partial charge in [0.15, 0.2) is 4.96 Å². The van der Waals surface area contributed by atoms with Gasteiger partial charge in [0.05, 0.1) is 11.9 Å². The van der Waals surface area contributed by atoms with E-state index in [-0.39, 0.29) is 5.91 Å². The maximum Gasteiger partial charge on any atom is 0.244 e. The minimum absolute atomic E-state index is 0.00270. The van der Waals surface area contributed by atoms with E-state index in [1.54, 1.807) is 23.6 Å². The molecule has 4 nitrogen and oxygen atoms in total. The normalized spacial score (nSPS) is 17.3. The van der Waals surface area contributed by atoms with E-state index >= 15 is 0 Å². The fourth-order valence-electron chi connectivity index (χ4n) is 2.53. The van der Waals surface area contributed by atoms with Crippen LogP contribution in [0.2, 0.25) is 0 Å². The Labute approximate surface area is 116 Å². The molecule has 0 spiro atoms. The highest BCUT2D eigenvalue weighted by Crippen LogP contribution is 2.17. The van der Waals surface area contributed by atoms with Gasteiger partial charge < -0.3 is 5.32 Å². The van der Waals surface area contributed by atoms with Crippen LogP contribution in [0.15, 0.2) is 23.8 Å². The number of fused-ring (bicyclic) bond motifs is 1. The number of thiazole rings is 1. The molecule has 1 aliphatic rings. The van der Waals surface area contributed by atoms with Crippen molar-refractivity contribution in [1.82, 2.24) is 14.7 Å². The van der Waals surface area contributed by atoms with Crippen molar-refractivity contribution in [2.24, 2.45) is 0 Å². The molecule has 2 aromatic rings. The highest BCUT2D eigenvalue weighted by molar-refractivity contribution is 7.15. The lowest BCUT2D eigenvalue weighted by molar-refractivity contribution is -0.117. The Morgan fingerprint density at radius 2 is 2.26 bits per heavy atom. The van der Waals surface area contributed by atoms with Crippen LogP contribution in [0.1, 0.15) is 37.8 Å². The SMILES string of the molecule is O=C(/C=C/c1cnc2sccn12)NC1CCCCC1. The predicted molar refractivity (Wildman–Crippen MR) is 77.1 cm³/mol. The number of nitrogens with one attached hydrogen (secondary N) is 1. The predicted octanol–water partition coefficient (Wildman–Crippen LogP) is 2.86. The zero-order valence-electron chi connectivity index (χ0n) is 10.7. The lowest BCUT2D eigenvalue weighted by atomic mass is 9.95. The van der Waals surface area contributed by atoms with Gasteiger partial charge in [0.1, 0.15) is 0 Å². The monoisotopic (exact) mass is 275 g/mol. The maximum atomic E-state index is 11.9. The van der Waals surface area contributed by atoms with Crippen molar-refractivity contribution in [2.75, 3.05) is 0 Å². The first-order valence-corrected chi connectivity index (χ1v) is 7.60. The molecule has 100 valence electrons. The van der Waals surface area contributed by atoms with E-state index in [2.05, 4.69) is 10.3 Å². The molecule has 1 amide bonds. The third-order valence-corrected chi connectivity index (χ3v) is 4.30. The lowest BCUT2D eigenvalue weighted by Gasteiger charge is -2.21. The summed E-state index contributed by atoms with van der Waals surface area (Å²) < 4.78 is 1.98. The van der Waals surface area contributed by atoms with Crippen molar-refractivity contribution in [3.63, 3.8) is 0 Å². The summed E-state index contributed by atoms with van der Waals surface area (Å²) in [5.74, 6) is -0.00270. The van der Waals surface area contributed by atoms with Crippen LogP contribution in [-0.4, -0.2) is 21.3 Å². The van der Waals surface area contributed by atoms with Gasteiger partial charge in [-0.1, -0.05) is 19.3 Å². The number of rotatable bonds is 3. The summed E-state index contributed by atoms with van der Waals surface area (Å²) in [6.07, 6.45) is 13.2. The van der Waals surface area contributed by atoms with Gasteiger partial charge >= 0.3 is 0 Å². The number of hydrogen-bond acceptors (Lipinski definition) is 3. The Hall–Kier alpha value is -1.62. The standard InChI is InChI=1S/C14H17N3OS/c18-13(16-11-4-2-1-3-5-11)7-6-12-10-15-14-17(12)8-9-19-14/h6-11H,1-5H2,(H,16,18)/b7-6+. The van der Waals surface area contributed by atoms with Gasteiger partial charge in [0, 0.05) is 23.7 Å². The second-order valence-corrected chi connectivity index (χ2v) is 5.79. The van der Waals surface area contributed by atoms with E-state index in [0.717, 1.165) is 23.5 Å². The topological polar surface area (TPSA) is 46.4 Å². The van der Waals surface area contributed by atoms with Gasteiger partial charge in [-0.05, 0) is 18.9 Å². The van der Waals surface area contributed by atoms with E-state index in [0.29, 0.717) is 6.04 Å². The molecule has 3 rings (SSSR count). The van der Waals surface area contributed by atoms with Gasteiger partial charge in [-0.25, -0.2) is 4.98 Å². The highest BCUT2D eigenvalue weighted by Gasteiger charge is 2.14. The highest BCUT2D eigenvalue weighted by atomic mass is 32.1. The molecular weight excluding hydrogens is 258 g/mol. The molecule has 19 heavy (non-hydrogen) atoms. The molecule has 1 N–H and O–H groups in total. The molecule has 0 unspecified atom stereocenters. The van der Waals surface area contributed by atoms with E-state index in [4.69, 9.17) is 0 Å². The van der Waals surface area contributed by atoms with Crippen LogP contribution in [0.3, 0.4) is 0 Å². The summed E-state index contributed by atoms with van der Waals surface area (Å²) in [5, 5.41) is 5.06. The number of hydrogen-bond donors (Lipinski definition) is 1. The summed E-state index contributed by atoms with van der Waals surface area (Å²) >= 11 is 1.59. The molecular formula is C14H17N3OS. The molecule has 1 aliphatic carbocycles. The van der Waals surface area contributed by atoms with Gasteiger partial charge in [0.2, 0.25) is 5.91 Å². The van der Waals surface area contributed by atoms with Crippen molar-refractivity contribution >= 4 is 28.3 Å². The van der Waals surface area contributed by atoms with Gasteiger partial charge in [-0.2, -0.15) is 0 Å². The van der Waals surface area contributed by atoms with Gasteiger partial charge in [-0.15, -0.1) is 11.3 Å². The molecule has 0 atom stereocenters. The summed E-state index contributed by atoms with van der Waals surface area (Å²) in [6.45, 7) is 0. The molecule has 0 saturated heterocycles. The van der Waals surface area contributed by atoms with Crippen LogP contribution in [0, 0.1) is 0 Å². The second-order valence-electron chi connectivity index (χ2n) is 4.92. The minimum atomic E-state index is -0.00270. The first-order chi connectivity index (χ1) is 9.33. The van der Waals surface area contributed by atoms with Crippen LogP contribution < -0.4 is 5.32 Å². The Morgan fingerprint density at radius 1 is 1.42 bits per heavy atom. The molecule has 0 aliphatic heterocycles. The van der Waals surface area contributed by atoms with Crippen LogP contribution in [0.5, 0.6) is 0 Å². The van der Waals surface area contributed by atoms with Crippen LogP contribution in [0.25, 0.3) is 11.0 Å². The lowest BCUT2D eigenvalue weighted by Crippen LogP contribution is -2.34. The van der Waals surface area contributed by atoms with E-state index in [1.165, 1.54) is 19.3 Å². The smallest absolute Gasteiger partial charge is 0.244 e. The quantitative estimate of drug-likeness (QED) is 0.876. The van der Waals surface area contributed by atoms with Gasteiger partial charge in [-0.3, -0.25) is 9.20 Å². The Bertz CT molecular complexity index is 593. The first kappa shape index (κ1) is 12.4. The third-order valence-electron chi connectivity index (χ3n) is 3.53. The van der Waals surface area contributed by atoms with Crippen LogP contribution >= 0.6 is 11.3 Å². The summed E-state index contributed by atoms with van der Waals surface area (Å²) in [7, 11) is 0. The fraction of sp³-hybridized carbons (Fsp3) is 0.429. The Balaban J connectivity index is 1.62. The van der Waals surface area contributed by atoms with Crippen molar-refractivity contribution in [2.45, 2.75) is 38.1 Å². The van der Waals surface area contributed by atoms with Crippen molar-refractivity contribution in [3.05, 3.63) is 29.5 Å². The number of imidazole rings is 1. The largest absolute Gasteiger partial charge is 0.350 e. The molecule has 2 aromatic heterocycles. The number of carbonyl (C=O) groups is 1. The first-order valence-electron chi connectivity index (χ1n) is 6.72. The number of aromatic nitrogens is 2. The molecule has 1 saturated carbocycles. The zero-order chi connectivity index (χ0) is 13.1. The van der Waals surface area contributed by atoms with Crippen molar-refractivity contribution in [1.29, 1.82) is 0 Å². The molecule has 2 heterocycles. The molecule has 0 bridgehead atoms. The average Bonchev–Trinajstić information content (AvgIpc) is 3.01. The average molecular weight is 275 g/mol. The minimum Gasteiger partial charge on any atom is -0.350 e. The molecule has 0 aromatic carbocycles. The molecule has 5 heteroatoms. The number of carbonyl (C=O) groups excluding carboxylic acids is 1. The van der Waals surface area contributed by atoms with Crippen LogP contribution in [-0.2, 0) is 4.79 Å². The number of nitrogens with zero attached hydrogens (tertiary/aromatic N) is 2.